The molecule has 2 rings (SSSR count). The molecule has 33 heavy (non-hydrogen) atoms. The van der Waals surface area contributed by atoms with Crippen LogP contribution in [0.3, 0.4) is 0 Å². The van der Waals surface area contributed by atoms with E-state index in [1.807, 2.05) is 28.4 Å². The molecule has 5 unspecified atom stereocenters. The van der Waals surface area contributed by atoms with Gasteiger partial charge in [-0.3, -0.25) is 0 Å². The van der Waals surface area contributed by atoms with Gasteiger partial charge in [-0.2, -0.15) is 0 Å². The standard InChI is InChI=1S/C23H48O6Si4/c1-24-30(7,19-32(9,26-3)27-4)23-16-15-21(17-23)18-33(28-5,29-6)20-31(8,25-2)22-13-11-10-12-14-22/h10-11,15-16,21-23H,12-14,17-20H2,1-9H3. The Bertz CT molecular complexity index is 669. The molecule has 0 bridgehead atoms. The van der Waals surface area contributed by atoms with Crippen molar-refractivity contribution in [3.8, 4) is 0 Å². The van der Waals surface area contributed by atoms with Crippen LogP contribution in [0.15, 0.2) is 24.3 Å². The average Bonchev–Trinajstić information content (AvgIpc) is 3.32. The lowest BCUT2D eigenvalue weighted by Gasteiger charge is -2.41. The molecule has 0 amide bonds. The lowest BCUT2D eigenvalue weighted by Crippen LogP contribution is -2.53. The molecule has 5 atom stereocenters. The molecule has 2 aliphatic rings. The lowest BCUT2D eigenvalue weighted by molar-refractivity contribution is 0.237. The van der Waals surface area contributed by atoms with E-state index in [2.05, 4.69) is 43.9 Å². The maximum Gasteiger partial charge on any atom is 0.337 e. The average molecular weight is 533 g/mol. The lowest BCUT2D eigenvalue weighted by atomic mass is 10.1. The molecule has 0 aliphatic heterocycles. The first-order chi connectivity index (χ1) is 15.6. The number of hydrogen-bond donors (Lipinski definition) is 0. The van der Waals surface area contributed by atoms with Crippen LogP contribution in [0.2, 0.25) is 48.1 Å². The van der Waals surface area contributed by atoms with Gasteiger partial charge in [-0.25, -0.2) is 0 Å². The molecule has 0 aromatic rings. The van der Waals surface area contributed by atoms with Crippen LogP contribution in [0.1, 0.15) is 25.7 Å². The molecular formula is C23H48O6Si4. The van der Waals surface area contributed by atoms with Crippen LogP contribution < -0.4 is 0 Å². The van der Waals surface area contributed by atoms with Gasteiger partial charge in [-0.15, -0.1) is 0 Å². The normalized spacial score (nSPS) is 27.5. The number of allylic oxidation sites excluding steroid dienone is 4. The summed E-state index contributed by atoms with van der Waals surface area (Å²) < 4.78 is 36.7. The maximum absolute atomic E-state index is 6.30. The summed E-state index contributed by atoms with van der Waals surface area (Å²) in [4.78, 5) is 0. The van der Waals surface area contributed by atoms with Crippen molar-refractivity contribution in [1.82, 2.24) is 0 Å². The van der Waals surface area contributed by atoms with E-state index in [0.717, 1.165) is 36.6 Å². The highest BCUT2D eigenvalue weighted by molar-refractivity contribution is 6.90. The van der Waals surface area contributed by atoms with E-state index in [1.54, 1.807) is 14.2 Å². The third-order valence-electron chi connectivity index (χ3n) is 8.50. The minimum Gasteiger partial charge on any atom is -0.420 e. The van der Waals surface area contributed by atoms with Gasteiger partial charge in [-0.05, 0) is 68.4 Å². The summed E-state index contributed by atoms with van der Waals surface area (Å²) in [5, 5.41) is 0. The summed E-state index contributed by atoms with van der Waals surface area (Å²) in [5.41, 5.74) is 2.98. The molecule has 0 heterocycles. The minimum absolute atomic E-state index is 0.444. The summed E-state index contributed by atoms with van der Waals surface area (Å²) in [5.74, 6) is 0.447. The van der Waals surface area contributed by atoms with E-state index in [0.29, 0.717) is 17.0 Å². The molecule has 192 valence electrons. The van der Waals surface area contributed by atoms with E-state index in [9.17, 15) is 0 Å². The second kappa shape index (κ2) is 12.4. The summed E-state index contributed by atoms with van der Waals surface area (Å²) in [6.07, 6.45) is 14.0. The predicted octanol–water partition coefficient (Wildman–Crippen LogP) is 5.66. The third kappa shape index (κ3) is 7.08. The highest BCUT2D eigenvalue weighted by Crippen LogP contribution is 2.46. The van der Waals surface area contributed by atoms with Gasteiger partial charge in [0.25, 0.3) is 0 Å². The largest absolute Gasteiger partial charge is 0.420 e. The second-order valence-corrected chi connectivity index (χ2v) is 27.0. The Morgan fingerprint density at radius 1 is 0.727 bits per heavy atom. The van der Waals surface area contributed by atoms with Crippen LogP contribution >= 0.6 is 0 Å². The number of hydrogen-bond acceptors (Lipinski definition) is 6. The highest BCUT2D eigenvalue weighted by atomic mass is 28.4. The molecule has 0 radical (unpaired) electrons. The van der Waals surface area contributed by atoms with E-state index < -0.39 is 33.8 Å². The fourth-order valence-electron chi connectivity index (χ4n) is 5.73. The number of rotatable bonds is 14. The van der Waals surface area contributed by atoms with Crippen molar-refractivity contribution in [3.05, 3.63) is 24.3 Å². The first-order valence-corrected chi connectivity index (χ1v) is 22.4. The van der Waals surface area contributed by atoms with Gasteiger partial charge in [-0.1, -0.05) is 24.3 Å². The molecule has 0 fully saturated rings. The summed E-state index contributed by atoms with van der Waals surface area (Å²) in [7, 11) is 2.34. The zero-order chi connectivity index (χ0) is 24.8. The van der Waals surface area contributed by atoms with Gasteiger partial charge in [0.1, 0.15) is 0 Å². The Labute approximate surface area is 206 Å². The van der Waals surface area contributed by atoms with E-state index in [4.69, 9.17) is 26.6 Å². The molecular weight excluding hydrogens is 485 g/mol. The molecule has 0 aromatic carbocycles. The van der Waals surface area contributed by atoms with Crippen LogP contribution in [0.25, 0.3) is 0 Å². The van der Waals surface area contributed by atoms with Gasteiger partial charge < -0.3 is 26.6 Å². The Morgan fingerprint density at radius 3 is 1.85 bits per heavy atom. The topological polar surface area (TPSA) is 55.4 Å². The van der Waals surface area contributed by atoms with Crippen molar-refractivity contribution >= 4 is 33.8 Å². The first-order valence-electron chi connectivity index (χ1n) is 12.2. The van der Waals surface area contributed by atoms with Crippen molar-refractivity contribution in [3.63, 3.8) is 0 Å². The van der Waals surface area contributed by atoms with Crippen molar-refractivity contribution in [2.45, 2.75) is 73.8 Å². The molecule has 0 spiro atoms. The van der Waals surface area contributed by atoms with E-state index in [-0.39, 0.29) is 0 Å². The second-order valence-electron chi connectivity index (χ2n) is 10.4. The van der Waals surface area contributed by atoms with Crippen LogP contribution in [0.4, 0.5) is 0 Å². The molecule has 0 saturated carbocycles. The molecule has 2 aliphatic carbocycles. The smallest absolute Gasteiger partial charge is 0.337 e. The first kappa shape index (κ1) is 29.3. The van der Waals surface area contributed by atoms with E-state index in [1.165, 1.54) is 6.42 Å². The Balaban J connectivity index is 2.13. The van der Waals surface area contributed by atoms with Gasteiger partial charge in [0, 0.05) is 54.0 Å². The van der Waals surface area contributed by atoms with Crippen molar-refractivity contribution in [1.29, 1.82) is 0 Å². The SMILES string of the molecule is CO[Si](C)(C[Si](C)(OC)C1C=CC(C[Si](C[Si](C)(OC)C2CC=CCC2)(OC)OC)C1)OC. The van der Waals surface area contributed by atoms with Crippen molar-refractivity contribution in [2.75, 3.05) is 42.7 Å². The molecule has 0 N–H and O–H groups in total. The summed E-state index contributed by atoms with van der Waals surface area (Å²) in [6.45, 7) is 6.86. The van der Waals surface area contributed by atoms with Crippen LogP contribution in [0, 0.1) is 5.92 Å². The minimum atomic E-state index is -2.41. The quantitative estimate of drug-likeness (QED) is 0.212. The van der Waals surface area contributed by atoms with Crippen molar-refractivity contribution < 1.29 is 26.6 Å². The van der Waals surface area contributed by atoms with Gasteiger partial charge in [0.15, 0.2) is 16.6 Å². The Morgan fingerprint density at radius 2 is 1.36 bits per heavy atom. The highest BCUT2D eigenvalue weighted by Gasteiger charge is 2.52. The molecule has 10 heteroatoms. The zero-order valence-electron chi connectivity index (χ0n) is 22.4. The molecule has 0 aromatic heterocycles. The molecule has 6 nitrogen and oxygen atoms in total. The van der Waals surface area contributed by atoms with Crippen LogP contribution in [-0.2, 0) is 26.6 Å². The summed E-state index contributed by atoms with van der Waals surface area (Å²) >= 11 is 0. The monoisotopic (exact) mass is 532 g/mol. The van der Waals surface area contributed by atoms with Gasteiger partial charge in [0.05, 0.1) is 0 Å². The molecule has 0 saturated heterocycles. The predicted molar refractivity (Wildman–Crippen MR) is 145 cm³/mol. The Hall–Kier alpha value is 0.108. The fourth-order valence-corrected chi connectivity index (χ4v) is 26.5. The zero-order valence-corrected chi connectivity index (χ0v) is 26.4. The van der Waals surface area contributed by atoms with Crippen molar-refractivity contribution in [2.24, 2.45) is 5.92 Å². The fraction of sp³-hybridized carbons (Fsp3) is 0.826. The van der Waals surface area contributed by atoms with Gasteiger partial charge >= 0.3 is 17.1 Å². The third-order valence-corrected chi connectivity index (χ3v) is 29.3. The van der Waals surface area contributed by atoms with Crippen LogP contribution in [0.5, 0.6) is 0 Å². The van der Waals surface area contributed by atoms with E-state index >= 15 is 0 Å². The summed E-state index contributed by atoms with van der Waals surface area (Å²) in [6, 6.07) is 0.971. The maximum atomic E-state index is 6.30. The van der Waals surface area contributed by atoms with Crippen LogP contribution in [-0.4, -0.2) is 76.4 Å². The van der Waals surface area contributed by atoms with Gasteiger partial charge in [0.2, 0.25) is 0 Å². The Kier molecular flexibility index (Phi) is 11.0.